The predicted molar refractivity (Wildman–Crippen MR) is 95.0 cm³/mol. The van der Waals surface area contributed by atoms with E-state index in [9.17, 15) is 9.18 Å². The summed E-state index contributed by atoms with van der Waals surface area (Å²) in [6, 6.07) is 4.20. The average molecular weight is 364 g/mol. The lowest BCUT2D eigenvalue weighted by atomic mass is 9.97. The summed E-state index contributed by atoms with van der Waals surface area (Å²) in [5, 5.41) is 6.15. The van der Waals surface area contributed by atoms with Crippen molar-refractivity contribution < 1.29 is 9.18 Å². The first-order chi connectivity index (χ1) is 10.6. The Kier molecular flexibility index (Phi) is 8.84. The van der Waals surface area contributed by atoms with Crippen molar-refractivity contribution in [1.29, 1.82) is 0 Å². The van der Waals surface area contributed by atoms with Crippen LogP contribution < -0.4 is 10.6 Å². The average Bonchev–Trinajstić information content (AvgIpc) is 2.50. The molecule has 1 amide bonds. The topological polar surface area (TPSA) is 44.4 Å². The molecule has 0 atom stereocenters. The lowest BCUT2D eigenvalue weighted by molar-refractivity contribution is -0.117. The minimum Gasteiger partial charge on any atom is -0.325 e. The zero-order chi connectivity index (χ0) is 15.9. The van der Waals surface area contributed by atoms with Crippen LogP contribution in [0, 0.1) is 11.7 Å². The summed E-state index contributed by atoms with van der Waals surface area (Å²) in [6.07, 6.45) is 2.23. The van der Waals surface area contributed by atoms with Gasteiger partial charge in [-0.2, -0.15) is 0 Å². The molecule has 1 aromatic carbocycles. The number of halogens is 3. The second-order valence-electron chi connectivity index (χ2n) is 5.70. The summed E-state index contributed by atoms with van der Waals surface area (Å²) >= 11 is 5.70. The van der Waals surface area contributed by atoms with Gasteiger partial charge in [0.25, 0.3) is 0 Å². The standard InChI is InChI=1S/C16H23ClFN3O.ClH/c1-2-19-10-12-5-7-21(8-6-12)11-16(22)20-13-3-4-15(18)14(17)9-13;/h3-4,9,12,19H,2,5-8,10-11H2,1H3,(H,20,22);1H. The highest BCUT2D eigenvalue weighted by molar-refractivity contribution is 6.31. The smallest absolute Gasteiger partial charge is 0.238 e. The number of amides is 1. The van der Waals surface area contributed by atoms with Crippen molar-refractivity contribution >= 4 is 35.6 Å². The van der Waals surface area contributed by atoms with Gasteiger partial charge >= 0.3 is 0 Å². The van der Waals surface area contributed by atoms with E-state index in [1.807, 2.05) is 0 Å². The van der Waals surface area contributed by atoms with Crippen LogP contribution in [0.1, 0.15) is 19.8 Å². The first-order valence-electron chi connectivity index (χ1n) is 7.76. The largest absolute Gasteiger partial charge is 0.325 e. The third kappa shape index (κ3) is 6.63. The summed E-state index contributed by atoms with van der Waals surface area (Å²) < 4.78 is 13.1. The summed E-state index contributed by atoms with van der Waals surface area (Å²) in [4.78, 5) is 14.2. The lowest BCUT2D eigenvalue weighted by Gasteiger charge is -2.31. The van der Waals surface area contributed by atoms with E-state index in [2.05, 4.69) is 22.5 Å². The van der Waals surface area contributed by atoms with Crippen LogP contribution >= 0.6 is 24.0 Å². The number of nitrogens with one attached hydrogen (secondary N) is 2. The number of nitrogens with zero attached hydrogens (tertiary/aromatic N) is 1. The van der Waals surface area contributed by atoms with Gasteiger partial charge in [0.1, 0.15) is 5.82 Å². The molecule has 1 aromatic rings. The third-order valence-electron chi connectivity index (χ3n) is 3.96. The zero-order valence-electron chi connectivity index (χ0n) is 13.3. The highest BCUT2D eigenvalue weighted by Crippen LogP contribution is 2.20. The fourth-order valence-electron chi connectivity index (χ4n) is 2.67. The second kappa shape index (κ2) is 10.1. The molecule has 2 rings (SSSR count). The van der Waals surface area contributed by atoms with Crippen molar-refractivity contribution in [2.45, 2.75) is 19.8 Å². The maximum Gasteiger partial charge on any atom is 0.238 e. The van der Waals surface area contributed by atoms with Crippen LogP contribution in [0.5, 0.6) is 0 Å². The van der Waals surface area contributed by atoms with Gasteiger partial charge in [0.15, 0.2) is 0 Å². The number of carbonyl (C=O) groups is 1. The molecule has 0 unspecified atom stereocenters. The normalized spacial score (nSPS) is 16.0. The molecule has 130 valence electrons. The van der Waals surface area contributed by atoms with Crippen LogP contribution in [-0.2, 0) is 4.79 Å². The van der Waals surface area contributed by atoms with Crippen LogP contribution in [-0.4, -0.2) is 43.5 Å². The summed E-state index contributed by atoms with van der Waals surface area (Å²) in [5.74, 6) is 0.130. The van der Waals surface area contributed by atoms with E-state index in [0.29, 0.717) is 18.2 Å². The molecule has 7 heteroatoms. The van der Waals surface area contributed by atoms with E-state index in [1.54, 1.807) is 0 Å². The molecule has 1 aliphatic rings. The molecule has 0 bridgehead atoms. The Hall–Kier alpha value is -0.880. The highest BCUT2D eigenvalue weighted by atomic mass is 35.5. The Morgan fingerprint density at radius 2 is 2.09 bits per heavy atom. The Morgan fingerprint density at radius 3 is 2.70 bits per heavy atom. The summed E-state index contributed by atoms with van der Waals surface area (Å²) in [6.45, 7) is 6.42. The highest BCUT2D eigenvalue weighted by Gasteiger charge is 2.20. The van der Waals surface area contributed by atoms with E-state index >= 15 is 0 Å². The molecule has 0 aromatic heterocycles. The number of likely N-dealkylation sites (tertiary alicyclic amines) is 1. The molecule has 23 heavy (non-hydrogen) atoms. The van der Waals surface area contributed by atoms with Gasteiger partial charge in [0.2, 0.25) is 5.91 Å². The Labute approximate surface area is 148 Å². The van der Waals surface area contributed by atoms with Crippen molar-refractivity contribution in [2.75, 3.05) is 38.0 Å². The molecule has 2 N–H and O–H groups in total. The molecule has 1 heterocycles. The number of benzene rings is 1. The van der Waals surface area contributed by atoms with E-state index in [-0.39, 0.29) is 23.3 Å². The quantitative estimate of drug-likeness (QED) is 0.815. The van der Waals surface area contributed by atoms with E-state index in [1.165, 1.54) is 18.2 Å². The number of anilines is 1. The van der Waals surface area contributed by atoms with E-state index in [4.69, 9.17) is 11.6 Å². The van der Waals surface area contributed by atoms with Gasteiger partial charge < -0.3 is 10.6 Å². The molecule has 0 saturated carbocycles. The van der Waals surface area contributed by atoms with Crippen LogP contribution in [0.2, 0.25) is 5.02 Å². The van der Waals surface area contributed by atoms with Gasteiger partial charge in [0, 0.05) is 5.69 Å². The van der Waals surface area contributed by atoms with Gasteiger partial charge in [0.05, 0.1) is 11.6 Å². The van der Waals surface area contributed by atoms with Gasteiger partial charge in [-0.15, -0.1) is 12.4 Å². The first kappa shape index (κ1) is 20.2. The van der Waals surface area contributed by atoms with Gasteiger partial charge in [-0.1, -0.05) is 18.5 Å². The fourth-order valence-corrected chi connectivity index (χ4v) is 2.86. The lowest BCUT2D eigenvalue weighted by Crippen LogP contribution is -2.41. The SMILES string of the molecule is CCNCC1CCN(CC(=O)Nc2ccc(F)c(Cl)c2)CC1.Cl. The number of rotatable bonds is 6. The number of piperidine rings is 1. The molecule has 0 spiro atoms. The van der Waals surface area contributed by atoms with Crippen molar-refractivity contribution in [3.63, 3.8) is 0 Å². The maximum absolute atomic E-state index is 13.1. The molecular formula is C16H24Cl2FN3O. The van der Waals surface area contributed by atoms with Crippen molar-refractivity contribution in [3.8, 4) is 0 Å². The van der Waals surface area contributed by atoms with Crippen molar-refractivity contribution in [2.24, 2.45) is 5.92 Å². The van der Waals surface area contributed by atoms with E-state index < -0.39 is 5.82 Å². The Bertz CT molecular complexity index is 508. The van der Waals surface area contributed by atoms with Crippen molar-refractivity contribution in [3.05, 3.63) is 29.0 Å². The Morgan fingerprint density at radius 1 is 1.39 bits per heavy atom. The number of hydrogen-bond donors (Lipinski definition) is 2. The van der Waals surface area contributed by atoms with Crippen LogP contribution in [0.25, 0.3) is 0 Å². The Balaban J connectivity index is 0.00000264. The van der Waals surface area contributed by atoms with Crippen LogP contribution in [0.3, 0.4) is 0 Å². The second-order valence-corrected chi connectivity index (χ2v) is 6.11. The molecule has 1 aliphatic heterocycles. The number of carbonyl (C=O) groups excluding carboxylic acids is 1. The van der Waals surface area contributed by atoms with Crippen LogP contribution in [0.15, 0.2) is 18.2 Å². The van der Waals surface area contributed by atoms with Gasteiger partial charge in [-0.25, -0.2) is 4.39 Å². The first-order valence-corrected chi connectivity index (χ1v) is 8.14. The summed E-state index contributed by atoms with van der Waals surface area (Å²) in [7, 11) is 0. The third-order valence-corrected chi connectivity index (χ3v) is 4.25. The number of hydrogen-bond acceptors (Lipinski definition) is 3. The fraction of sp³-hybridized carbons (Fsp3) is 0.562. The van der Waals surface area contributed by atoms with Crippen molar-refractivity contribution in [1.82, 2.24) is 10.2 Å². The molecule has 1 fully saturated rings. The van der Waals surface area contributed by atoms with Gasteiger partial charge in [-0.3, -0.25) is 9.69 Å². The molecular weight excluding hydrogens is 340 g/mol. The summed E-state index contributed by atoms with van der Waals surface area (Å²) in [5.41, 5.74) is 0.526. The minimum absolute atomic E-state index is 0. The maximum atomic E-state index is 13.1. The zero-order valence-corrected chi connectivity index (χ0v) is 14.9. The molecule has 0 aliphatic carbocycles. The molecule has 4 nitrogen and oxygen atoms in total. The minimum atomic E-state index is -0.484. The van der Waals surface area contributed by atoms with Gasteiger partial charge in [-0.05, 0) is 63.1 Å². The molecule has 0 radical (unpaired) electrons. The van der Waals surface area contributed by atoms with E-state index in [0.717, 1.165) is 39.0 Å². The van der Waals surface area contributed by atoms with Crippen LogP contribution in [0.4, 0.5) is 10.1 Å². The molecule has 1 saturated heterocycles. The monoisotopic (exact) mass is 363 g/mol. The predicted octanol–water partition coefficient (Wildman–Crippen LogP) is 3.16.